The van der Waals surface area contributed by atoms with Crippen LogP contribution in [0.4, 0.5) is 0 Å². The van der Waals surface area contributed by atoms with Gasteiger partial charge < -0.3 is 0 Å². The Balaban J connectivity index is 5.58. The van der Waals surface area contributed by atoms with Gasteiger partial charge in [0.2, 0.25) is 0 Å². The zero-order chi connectivity index (χ0) is 16.4. The Hall–Kier alpha value is 0.716. The molecular weight excluding hydrogens is 379 g/mol. The zero-order valence-corrected chi connectivity index (χ0v) is 19.4. The molecule has 21 heavy (non-hydrogen) atoms. The van der Waals surface area contributed by atoms with Gasteiger partial charge in [-0.2, -0.15) is 0 Å². The first-order valence-electron chi connectivity index (χ1n) is 9.20. The van der Waals surface area contributed by atoms with Crippen LogP contribution in [0.25, 0.3) is 0 Å². The van der Waals surface area contributed by atoms with Crippen LogP contribution < -0.4 is 0 Å². The van der Waals surface area contributed by atoms with Crippen LogP contribution in [0, 0.1) is 0 Å². The Morgan fingerprint density at radius 1 is 0.857 bits per heavy atom. The van der Waals surface area contributed by atoms with Crippen molar-refractivity contribution in [2.45, 2.75) is 92.2 Å². The van der Waals surface area contributed by atoms with Crippen molar-refractivity contribution in [1.29, 1.82) is 0 Å². The van der Waals surface area contributed by atoms with Crippen LogP contribution in [0.5, 0.6) is 0 Å². The SMILES string of the molecule is CCC[CH2][Sn]([CH2]CCC)([CH2]CCC)[C](=CCO)[Si](C)(C)C. The maximum absolute atomic E-state index is 9.62. The van der Waals surface area contributed by atoms with Crippen LogP contribution in [-0.2, 0) is 0 Å². The minimum atomic E-state index is -2.28. The van der Waals surface area contributed by atoms with Crippen LogP contribution in [0.1, 0.15) is 59.3 Å². The van der Waals surface area contributed by atoms with Crippen LogP contribution in [-0.4, -0.2) is 38.2 Å². The number of unbranched alkanes of at least 4 members (excludes halogenated alkanes) is 3. The van der Waals surface area contributed by atoms with Crippen molar-refractivity contribution >= 4 is 26.5 Å². The van der Waals surface area contributed by atoms with E-state index in [9.17, 15) is 5.11 Å². The third-order valence-electron chi connectivity index (χ3n) is 4.70. The van der Waals surface area contributed by atoms with Gasteiger partial charge in [0.1, 0.15) is 0 Å². The first kappa shape index (κ1) is 21.7. The normalized spacial score (nSPS) is 13.8. The van der Waals surface area contributed by atoms with E-state index in [2.05, 4.69) is 46.5 Å². The van der Waals surface area contributed by atoms with Gasteiger partial charge in [-0.3, -0.25) is 0 Å². The molecule has 0 saturated carbocycles. The number of aliphatic hydroxyl groups excluding tert-OH is 1. The minimum absolute atomic E-state index is 0.267. The first-order chi connectivity index (χ1) is 9.87. The molecule has 0 radical (unpaired) electrons. The van der Waals surface area contributed by atoms with E-state index in [1.165, 1.54) is 51.8 Å². The van der Waals surface area contributed by atoms with Crippen LogP contribution in [0.15, 0.2) is 9.29 Å². The van der Waals surface area contributed by atoms with E-state index in [4.69, 9.17) is 0 Å². The fourth-order valence-corrected chi connectivity index (χ4v) is 36.9. The summed E-state index contributed by atoms with van der Waals surface area (Å²) in [4.78, 5) is 0. The van der Waals surface area contributed by atoms with E-state index in [-0.39, 0.29) is 6.61 Å². The second-order valence-electron chi connectivity index (χ2n) is 7.64. The molecule has 1 nitrogen and oxygen atoms in total. The second-order valence-corrected chi connectivity index (χ2v) is 27.2. The van der Waals surface area contributed by atoms with Gasteiger partial charge in [-0.05, 0) is 0 Å². The molecule has 1 N–H and O–H groups in total. The van der Waals surface area contributed by atoms with Crippen molar-refractivity contribution in [3.05, 3.63) is 9.29 Å². The van der Waals surface area contributed by atoms with Crippen molar-refractivity contribution in [2.75, 3.05) is 6.61 Å². The van der Waals surface area contributed by atoms with Gasteiger partial charge in [-0.1, -0.05) is 0 Å². The van der Waals surface area contributed by atoms with E-state index < -0.39 is 26.5 Å². The summed E-state index contributed by atoms with van der Waals surface area (Å²) in [5.41, 5.74) is 0. The Kier molecular flexibility index (Phi) is 11.7. The Morgan fingerprint density at radius 3 is 1.48 bits per heavy atom. The van der Waals surface area contributed by atoms with E-state index >= 15 is 0 Å². The van der Waals surface area contributed by atoms with Crippen molar-refractivity contribution in [3.63, 3.8) is 0 Å². The Labute approximate surface area is 139 Å². The molecule has 0 aliphatic carbocycles. The molecule has 3 heteroatoms. The summed E-state index contributed by atoms with van der Waals surface area (Å²) in [7, 11) is -1.30. The third kappa shape index (κ3) is 7.69. The van der Waals surface area contributed by atoms with Crippen molar-refractivity contribution in [3.8, 4) is 0 Å². The monoisotopic (exact) mass is 420 g/mol. The molecule has 0 aromatic rings. The summed E-state index contributed by atoms with van der Waals surface area (Å²) >= 11 is -2.28. The molecule has 0 aromatic carbocycles. The molecule has 0 spiro atoms. The number of hydrogen-bond acceptors (Lipinski definition) is 1. The molecule has 0 unspecified atom stereocenters. The van der Waals surface area contributed by atoms with E-state index in [0.717, 1.165) is 0 Å². The van der Waals surface area contributed by atoms with Gasteiger partial charge in [0.25, 0.3) is 0 Å². The molecule has 0 bridgehead atoms. The molecular formula is C18H40OSiSn. The molecule has 0 aliphatic rings. The zero-order valence-electron chi connectivity index (χ0n) is 15.6. The van der Waals surface area contributed by atoms with Gasteiger partial charge in [-0.15, -0.1) is 0 Å². The number of aliphatic hydroxyl groups is 1. The topological polar surface area (TPSA) is 20.2 Å². The maximum atomic E-state index is 9.62. The standard InChI is InChI=1S/C6H13OSi.3C4H9.Sn/c1-8(2,3)6-4-5-7;3*1-3-4-2;/h4,7H,5H2,1-3H3;3*1,3-4H2,2H3;. The van der Waals surface area contributed by atoms with E-state index in [0.29, 0.717) is 0 Å². The predicted octanol–water partition coefficient (Wildman–Crippen LogP) is 6.17. The first-order valence-corrected chi connectivity index (χ1v) is 20.2. The van der Waals surface area contributed by atoms with Crippen molar-refractivity contribution in [1.82, 2.24) is 0 Å². The number of rotatable bonds is 12. The average molecular weight is 419 g/mol. The second kappa shape index (κ2) is 11.3. The fourth-order valence-electron chi connectivity index (χ4n) is 3.73. The molecule has 0 fully saturated rings. The summed E-state index contributed by atoms with van der Waals surface area (Å²) in [5.74, 6) is 0. The quantitative estimate of drug-likeness (QED) is 0.375. The van der Waals surface area contributed by atoms with Crippen molar-refractivity contribution < 1.29 is 5.11 Å². The summed E-state index contributed by atoms with van der Waals surface area (Å²) in [6.07, 6.45) is 10.5. The molecule has 0 heterocycles. The molecule has 126 valence electrons. The molecule has 0 atom stereocenters. The number of hydrogen-bond donors (Lipinski definition) is 1. The van der Waals surface area contributed by atoms with Crippen LogP contribution in [0.2, 0.25) is 33.0 Å². The van der Waals surface area contributed by atoms with Gasteiger partial charge >= 0.3 is 140 Å². The summed E-state index contributed by atoms with van der Waals surface area (Å²) in [6.45, 7) is 14.8. The predicted molar refractivity (Wildman–Crippen MR) is 103 cm³/mol. The summed E-state index contributed by atoms with van der Waals surface area (Å²) in [6, 6.07) is 0. The van der Waals surface area contributed by atoms with E-state index in [1.807, 2.05) is 3.21 Å². The van der Waals surface area contributed by atoms with Crippen LogP contribution in [0.3, 0.4) is 0 Å². The average Bonchev–Trinajstić information content (AvgIpc) is 2.44. The molecule has 0 aliphatic heterocycles. The van der Waals surface area contributed by atoms with Crippen molar-refractivity contribution in [2.24, 2.45) is 0 Å². The molecule has 0 amide bonds. The Morgan fingerprint density at radius 2 is 1.24 bits per heavy atom. The third-order valence-corrected chi connectivity index (χ3v) is 31.6. The van der Waals surface area contributed by atoms with Gasteiger partial charge in [0.15, 0.2) is 0 Å². The Bertz CT molecular complexity index is 272. The summed E-state index contributed by atoms with van der Waals surface area (Å²) < 4.78 is 6.44. The van der Waals surface area contributed by atoms with Crippen LogP contribution >= 0.6 is 0 Å². The molecule has 0 rings (SSSR count). The summed E-state index contributed by atoms with van der Waals surface area (Å²) in [5, 5.41) is 9.62. The fraction of sp³-hybridized carbons (Fsp3) is 0.889. The van der Waals surface area contributed by atoms with Gasteiger partial charge in [0, 0.05) is 0 Å². The van der Waals surface area contributed by atoms with E-state index in [1.54, 1.807) is 0 Å². The van der Waals surface area contributed by atoms with Gasteiger partial charge in [-0.25, -0.2) is 0 Å². The molecule has 0 saturated heterocycles. The van der Waals surface area contributed by atoms with Gasteiger partial charge in [0.05, 0.1) is 0 Å². The molecule has 0 aromatic heterocycles.